The van der Waals surface area contributed by atoms with E-state index in [1.54, 1.807) is 31.2 Å². The SMILES string of the molecule is Cc1ccccc1N(CCC(=O)O)C(=O)N(C)CC(F)F. The largest absolute Gasteiger partial charge is 0.481 e. The van der Waals surface area contributed by atoms with Crippen LogP contribution in [-0.2, 0) is 4.79 Å². The molecular weight excluding hydrogens is 282 g/mol. The van der Waals surface area contributed by atoms with E-state index in [4.69, 9.17) is 5.11 Å². The van der Waals surface area contributed by atoms with Gasteiger partial charge >= 0.3 is 12.0 Å². The second-order valence-corrected chi connectivity index (χ2v) is 4.64. The van der Waals surface area contributed by atoms with E-state index in [2.05, 4.69) is 0 Å². The molecule has 1 aromatic carbocycles. The van der Waals surface area contributed by atoms with Crippen molar-refractivity contribution < 1.29 is 23.5 Å². The van der Waals surface area contributed by atoms with Gasteiger partial charge in [0.05, 0.1) is 13.0 Å². The third-order valence-electron chi connectivity index (χ3n) is 2.92. The predicted octanol–water partition coefficient (Wildman–Crippen LogP) is 2.59. The highest BCUT2D eigenvalue weighted by Crippen LogP contribution is 2.21. The van der Waals surface area contributed by atoms with E-state index in [0.717, 1.165) is 10.5 Å². The molecule has 0 aliphatic carbocycles. The smallest absolute Gasteiger partial charge is 0.324 e. The summed E-state index contributed by atoms with van der Waals surface area (Å²) in [5.41, 5.74) is 1.28. The summed E-state index contributed by atoms with van der Waals surface area (Å²) in [6.07, 6.45) is -2.90. The van der Waals surface area contributed by atoms with Crippen molar-refractivity contribution in [2.75, 3.05) is 25.0 Å². The molecule has 0 spiro atoms. The molecule has 1 aromatic rings. The number of halogens is 2. The summed E-state index contributed by atoms with van der Waals surface area (Å²) in [5.74, 6) is -1.06. The number of hydrogen-bond acceptors (Lipinski definition) is 2. The average molecular weight is 300 g/mol. The van der Waals surface area contributed by atoms with Crippen LogP contribution < -0.4 is 4.90 Å². The molecule has 116 valence electrons. The van der Waals surface area contributed by atoms with E-state index in [1.807, 2.05) is 0 Å². The summed E-state index contributed by atoms with van der Waals surface area (Å²) in [5, 5.41) is 8.77. The quantitative estimate of drug-likeness (QED) is 0.878. The van der Waals surface area contributed by atoms with Crippen LogP contribution in [-0.4, -0.2) is 48.6 Å². The van der Waals surface area contributed by atoms with Crippen LogP contribution in [0.1, 0.15) is 12.0 Å². The topological polar surface area (TPSA) is 60.9 Å². The summed E-state index contributed by atoms with van der Waals surface area (Å²) in [6, 6.07) is 6.26. The number of aryl methyl sites for hydroxylation is 1. The van der Waals surface area contributed by atoms with Gasteiger partial charge in [0.1, 0.15) is 0 Å². The number of urea groups is 1. The minimum absolute atomic E-state index is 0.0768. The molecule has 0 saturated heterocycles. The number of para-hydroxylation sites is 1. The van der Waals surface area contributed by atoms with Crippen molar-refractivity contribution in [2.24, 2.45) is 0 Å². The molecule has 0 atom stereocenters. The number of carbonyl (C=O) groups excluding carboxylic acids is 1. The highest BCUT2D eigenvalue weighted by atomic mass is 19.3. The van der Waals surface area contributed by atoms with Gasteiger partial charge in [0, 0.05) is 19.3 Å². The van der Waals surface area contributed by atoms with Crippen molar-refractivity contribution in [1.82, 2.24) is 4.90 Å². The fraction of sp³-hybridized carbons (Fsp3) is 0.429. The van der Waals surface area contributed by atoms with Gasteiger partial charge in [-0.2, -0.15) is 0 Å². The number of benzene rings is 1. The van der Waals surface area contributed by atoms with E-state index >= 15 is 0 Å². The first-order valence-corrected chi connectivity index (χ1v) is 6.41. The highest BCUT2D eigenvalue weighted by Gasteiger charge is 2.23. The number of rotatable bonds is 6. The minimum atomic E-state index is -2.64. The Balaban J connectivity index is 2.99. The Bertz CT molecular complexity index is 509. The first kappa shape index (κ1) is 16.9. The van der Waals surface area contributed by atoms with Gasteiger partial charge in [-0.25, -0.2) is 13.6 Å². The molecular formula is C14H18F2N2O3. The van der Waals surface area contributed by atoms with Crippen molar-refractivity contribution >= 4 is 17.7 Å². The number of carbonyl (C=O) groups is 2. The number of anilines is 1. The fourth-order valence-corrected chi connectivity index (χ4v) is 1.88. The zero-order chi connectivity index (χ0) is 16.0. The van der Waals surface area contributed by atoms with Gasteiger partial charge in [0.15, 0.2) is 0 Å². The summed E-state index contributed by atoms with van der Waals surface area (Å²) < 4.78 is 24.8. The number of alkyl halides is 2. The highest BCUT2D eigenvalue weighted by molar-refractivity contribution is 5.93. The second kappa shape index (κ2) is 7.56. The van der Waals surface area contributed by atoms with E-state index in [1.165, 1.54) is 11.9 Å². The Morgan fingerprint density at radius 3 is 2.43 bits per heavy atom. The average Bonchev–Trinajstić information content (AvgIpc) is 2.39. The van der Waals surface area contributed by atoms with Gasteiger partial charge in [0.2, 0.25) is 0 Å². The van der Waals surface area contributed by atoms with Gasteiger partial charge in [-0.1, -0.05) is 18.2 Å². The standard InChI is InChI=1S/C14H18F2N2O3/c1-10-5-3-4-6-11(10)18(8-7-13(19)20)14(21)17(2)9-12(15)16/h3-6,12H,7-9H2,1-2H3,(H,19,20). The van der Waals surface area contributed by atoms with Gasteiger partial charge < -0.3 is 10.0 Å². The zero-order valence-corrected chi connectivity index (χ0v) is 11.9. The second-order valence-electron chi connectivity index (χ2n) is 4.64. The van der Waals surface area contributed by atoms with Crippen molar-refractivity contribution in [3.8, 4) is 0 Å². The van der Waals surface area contributed by atoms with Gasteiger partial charge in [0.25, 0.3) is 6.43 Å². The van der Waals surface area contributed by atoms with Crippen molar-refractivity contribution in [3.05, 3.63) is 29.8 Å². The molecule has 2 amide bonds. The minimum Gasteiger partial charge on any atom is -0.481 e. The lowest BCUT2D eigenvalue weighted by atomic mass is 10.2. The molecule has 0 bridgehead atoms. The number of carboxylic acid groups (broad SMARTS) is 1. The number of aliphatic carboxylic acids is 1. The normalized spacial score (nSPS) is 10.5. The number of hydrogen-bond donors (Lipinski definition) is 1. The fourth-order valence-electron chi connectivity index (χ4n) is 1.88. The van der Waals surface area contributed by atoms with Crippen LogP contribution in [0.5, 0.6) is 0 Å². The predicted molar refractivity (Wildman–Crippen MR) is 74.8 cm³/mol. The monoisotopic (exact) mass is 300 g/mol. The van der Waals surface area contributed by atoms with Crippen LogP contribution in [0.4, 0.5) is 19.3 Å². The Labute approximate surface area is 121 Å². The van der Waals surface area contributed by atoms with E-state index < -0.39 is 25.0 Å². The molecule has 0 aliphatic rings. The lowest BCUT2D eigenvalue weighted by molar-refractivity contribution is -0.136. The van der Waals surface area contributed by atoms with Crippen LogP contribution in [0.25, 0.3) is 0 Å². The van der Waals surface area contributed by atoms with E-state index in [9.17, 15) is 18.4 Å². The van der Waals surface area contributed by atoms with Crippen LogP contribution in [0.3, 0.4) is 0 Å². The maximum atomic E-state index is 12.4. The Morgan fingerprint density at radius 1 is 1.29 bits per heavy atom. The zero-order valence-electron chi connectivity index (χ0n) is 11.9. The molecule has 0 radical (unpaired) electrons. The summed E-state index contributed by atoms with van der Waals surface area (Å²) in [4.78, 5) is 25.1. The molecule has 1 rings (SSSR count). The van der Waals surface area contributed by atoms with Gasteiger partial charge in [-0.3, -0.25) is 9.69 Å². The summed E-state index contributed by atoms with van der Waals surface area (Å²) in [7, 11) is 1.26. The third-order valence-corrected chi connectivity index (χ3v) is 2.92. The Morgan fingerprint density at radius 2 is 1.90 bits per heavy atom. The number of amides is 2. The molecule has 0 fully saturated rings. The molecule has 0 unspecified atom stereocenters. The maximum Gasteiger partial charge on any atom is 0.324 e. The van der Waals surface area contributed by atoms with Gasteiger partial charge in [-0.15, -0.1) is 0 Å². The van der Waals surface area contributed by atoms with Crippen molar-refractivity contribution in [3.63, 3.8) is 0 Å². The summed E-state index contributed by atoms with van der Waals surface area (Å²) >= 11 is 0. The first-order valence-electron chi connectivity index (χ1n) is 6.41. The van der Waals surface area contributed by atoms with Crippen LogP contribution in [0, 0.1) is 6.92 Å². The van der Waals surface area contributed by atoms with Crippen molar-refractivity contribution in [2.45, 2.75) is 19.8 Å². The molecule has 0 saturated carbocycles. The third kappa shape index (κ3) is 5.02. The van der Waals surface area contributed by atoms with E-state index in [0.29, 0.717) is 5.69 Å². The van der Waals surface area contributed by atoms with E-state index in [-0.39, 0.29) is 13.0 Å². The lowest BCUT2D eigenvalue weighted by Gasteiger charge is -2.29. The molecule has 0 heterocycles. The Kier molecular flexibility index (Phi) is 6.08. The first-order chi connectivity index (χ1) is 9.82. The van der Waals surface area contributed by atoms with Crippen LogP contribution in [0.15, 0.2) is 24.3 Å². The molecule has 21 heavy (non-hydrogen) atoms. The number of carboxylic acids is 1. The maximum absolute atomic E-state index is 12.4. The van der Waals surface area contributed by atoms with Crippen LogP contribution in [0.2, 0.25) is 0 Å². The Hall–Kier alpha value is -2.18. The molecule has 0 aliphatic heterocycles. The van der Waals surface area contributed by atoms with Crippen LogP contribution >= 0.6 is 0 Å². The number of nitrogens with zero attached hydrogens (tertiary/aromatic N) is 2. The van der Waals surface area contributed by atoms with Crippen molar-refractivity contribution in [1.29, 1.82) is 0 Å². The lowest BCUT2D eigenvalue weighted by Crippen LogP contribution is -2.44. The van der Waals surface area contributed by atoms with Gasteiger partial charge in [-0.05, 0) is 18.6 Å². The molecule has 5 nitrogen and oxygen atoms in total. The summed E-state index contributed by atoms with van der Waals surface area (Å²) in [6.45, 7) is 0.990. The molecule has 7 heteroatoms. The molecule has 0 aromatic heterocycles. The molecule has 1 N–H and O–H groups in total.